The van der Waals surface area contributed by atoms with E-state index in [2.05, 4.69) is 11.1 Å². The maximum absolute atomic E-state index is 10.7. The molecule has 0 aliphatic rings. The van der Waals surface area contributed by atoms with Crippen molar-refractivity contribution in [2.75, 3.05) is 6.26 Å². The summed E-state index contributed by atoms with van der Waals surface area (Å²) >= 11 is 0. The van der Waals surface area contributed by atoms with Crippen molar-refractivity contribution in [1.29, 1.82) is 0 Å². The van der Waals surface area contributed by atoms with Gasteiger partial charge in [-0.15, -0.1) is 0 Å². The van der Waals surface area contributed by atoms with Crippen LogP contribution in [0.5, 0.6) is 0 Å². The zero-order valence-electron chi connectivity index (χ0n) is 15.4. The SMILES string of the molecule is CCCCCCCCCCCCCCCCC=COS(C)(=O)=O. The molecule has 0 aromatic heterocycles. The van der Waals surface area contributed by atoms with Gasteiger partial charge in [-0.05, 0) is 18.9 Å². The molecule has 0 aromatic rings. The molecule has 0 bridgehead atoms. The zero-order valence-corrected chi connectivity index (χ0v) is 16.2. The van der Waals surface area contributed by atoms with E-state index in [1.807, 2.05) is 0 Å². The van der Waals surface area contributed by atoms with Crippen molar-refractivity contribution in [1.82, 2.24) is 0 Å². The predicted molar refractivity (Wildman–Crippen MR) is 100.0 cm³/mol. The Hall–Kier alpha value is -0.510. The van der Waals surface area contributed by atoms with E-state index in [9.17, 15) is 8.42 Å². The van der Waals surface area contributed by atoms with Crippen LogP contribution in [0.4, 0.5) is 0 Å². The third-order valence-electron chi connectivity index (χ3n) is 4.05. The fourth-order valence-electron chi connectivity index (χ4n) is 2.66. The first-order valence-electron chi connectivity index (χ1n) is 9.59. The second kappa shape index (κ2) is 16.4. The van der Waals surface area contributed by atoms with Gasteiger partial charge in [0.15, 0.2) is 0 Å². The van der Waals surface area contributed by atoms with Gasteiger partial charge in [0.25, 0.3) is 0 Å². The van der Waals surface area contributed by atoms with Crippen molar-refractivity contribution in [3.63, 3.8) is 0 Å². The second-order valence-electron chi connectivity index (χ2n) is 6.56. The first-order chi connectivity index (χ1) is 11.1. The standard InChI is InChI=1S/C19H38O3S/c1-3-4-5-6-7-8-9-10-11-12-13-14-15-16-17-18-19-22-23(2,20)21/h18-19H,3-17H2,1-2H3. The fraction of sp³-hybridized carbons (Fsp3) is 0.895. The van der Waals surface area contributed by atoms with Crippen LogP contribution < -0.4 is 0 Å². The zero-order chi connectivity index (χ0) is 17.2. The Balaban J connectivity index is 3.11. The molecule has 0 aliphatic heterocycles. The van der Waals surface area contributed by atoms with Crippen LogP contribution in [-0.2, 0) is 14.3 Å². The molecule has 0 unspecified atom stereocenters. The van der Waals surface area contributed by atoms with Crippen LogP contribution >= 0.6 is 0 Å². The summed E-state index contributed by atoms with van der Waals surface area (Å²) < 4.78 is 26.0. The van der Waals surface area contributed by atoms with Crippen molar-refractivity contribution in [3.05, 3.63) is 12.3 Å². The quantitative estimate of drug-likeness (QED) is 0.175. The molecule has 23 heavy (non-hydrogen) atoms. The molecule has 0 aliphatic carbocycles. The van der Waals surface area contributed by atoms with Gasteiger partial charge in [-0.25, -0.2) is 0 Å². The molecule has 0 amide bonds. The minimum atomic E-state index is -3.33. The van der Waals surface area contributed by atoms with Gasteiger partial charge in [0, 0.05) is 0 Å². The Kier molecular flexibility index (Phi) is 16.0. The Morgan fingerprint density at radius 1 is 0.696 bits per heavy atom. The number of hydrogen-bond acceptors (Lipinski definition) is 3. The van der Waals surface area contributed by atoms with Crippen LogP contribution in [0.3, 0.4) is 0 Å². The molecule has 0 spiro atoms. The van der Waals surface area contributed by atoms with E-state index < -0.39 is 10.1 Å². The number of allylic oxidation sites excluding steroid dienone is 1. The Morgan fingerprint density at radius 3 is 1.48 bits per heavy atom. The lowest BCUT2D eigenvalue weighted by molar-refractivity contribution is 0.447. The van der Waals surface area contributed by atoms with Crippen molar-refractivity contribution < 1.29 is 12.6 Å². The van der Waals surface area contributed by atoms with E-state index in [0.717, 1.165) is 19.1 Å². The third kappa shape index (κ3) is 21.5. The lowest BCUT2D eigenvalue weighted by Gasteiger charge is -2.02. The lowest BCUT2D eigenvalue weighted by atomic mass is 10.0. The average Bonchev–Trinajstić information content (AvgIpc) is 2.49. The van der Waals surface area contributed by atoms with Crippen molar-refractivity contribution in [3.8, 4) is 0 Å². The maximum Gasteiger partial charge on any atom is 0.305 e. The second-order valence-corrected chi connectivity index (χ2v) is 8.16. The normalized spacial score (nSPS) is 12.1. The van der Waals surface area contributed by atoms with Gasteiger partial charge in [-0.2, -0.15) is 8.42 Å². The fourth-order valence-corrected chi connectivity index (χ4v) is 2.95. The largest absolute Gasteiger partial charge is 0.391 e. The molecule has 138 valence electrons. The summed E-state index contributed by atoms with van der Waals surface area (Å²) in [5, 5.41) is 0. The van der Waals surface area contributed by atoms with E-state index >= 15 is 0 Å². The average molecular weight is 347 g/mol. The summed E-state index contributed by atoms with van der Waals surface area (Å²) in [4.78, 5) is 0. The number of hydrogen-bond donors (Lipinski definition) is 0. The molecule has 0 radical (unpaired) electrons. The molecule has 0 N–H and O–H groups in total. The van der Waals surface area contributed by atoms with Crippen molar-refractivity contribution in [2.45, 2.75) is 103 Å². The molecule has 0 saturated carbocycles. The van der Waals surface area contributed by atoms with Crippen LogP contribution in [0.25, 0.3) is 0 Å². The van der Waals surface area contributed by atoms with Crippen LogP contribution in [0.2, 0.25) is 0 Å². The third-order valence-corrected chi connectivity index (χ3v) is 4.51. The highest BCUT2D eigenvalue weighted by molar-refractivity contribution is 7.86. The van der Waals surface area contributed by atoms with Crippen LogP contribution in [0.1, 0.15) is 103 Å². The smallest absolute Gasteiger partial charge is 0.305 e. The predicted octanol–water partition coefficient (Wildman–Crippen LogP) is 6.35. The van der Waals surface area contributed by atoms with Crippen LogP contribution in [0, 0.1) is 0 Å². The minimum absolute atomic E-state index is 0.896. The van der Waals surface area contributed by atoms with E-state index in [1.165, 1.54) is 89.7 Å². The van der Waals surface area contributed by atoms with E-state index in [4.69, 9.17) is 0 Å². The van der Waals surface area contributed by atoms with Crippen LogP contribution in [-0.4, -0.2) is 14.7 Å². The van der Waals surface area contributed by atoms with Gasteiger partial charge in [-0.3, -0.25) is 0 Å². The molecule has 0 heterocycles. The molecular weight excluding hydrogens is 308 g/mol. The maximum atomic E-state index is 10.7. The van der Waals surface area contributed by atoms with Gasteiger partial charge in [0.2, 0.25) is 0 Å². The molecule has 0 aromatic carbocycles. The Morgan fingerprint density at radius 2 is 1.09 bits per heavy atom. The summed E-state index contributed by atoms with van der Waals surface area (Å²) in [6.45, 7) is 2.27. The lowest BCUT2D eigenvalue weighted by Crippen LogP contribution is -1.95. The highest BCUT2D eigenvalue weighted by atomic mass is 32.2. The van der Waals surface area contributed by atoms with Gasteiger partial charge < -0.3 is 4.18 Å². The molecule has 4 heteroatoms. The summed E-state index contributed by atoms with van der Waals surface area (Å²) in [5.41, 5.74) is 0. The molecular formula is C19H38O3S. The van der Waals surface area contributed by atoms with Gasteiger partial charge in [-0.1, -0.05) is 90.4 Å². The monoisotopic (exact) mass is 346 g/mol. The summed E-state index contributed by atoms with van der Waals surface area (Å²) in [6.07, 6.45) is 24.0. The topological polar surface area (TPSA) is 43.4 Å². The van der Waals surface area contributed by atoms with Gasteiger partial charge >= 0.3 is 10.1 Å². The molecule has 0 fully saturated rings. The van der Waals surface area contributed by atoms with E-state index in [0.29, 0.717) is 0 Å². The minimum Gasteiger partial charge on any atom is -0.391 e. The molecule has 0 saturated heterocycles. The van der Waals surface area contributed by atoms with Crippen molar-refractivity contribution in [2.24, 2.45) is 0 Å². The molecule has 0 atom stereocenters. The summed E-state index contributed by atoms with van der Waals surface area (Å²) in [6, 6.07) is 0. The number of unbranched alkanes of at least 4 members (excludes halogenated alkanes) is 14. The first kappa shape index (κ1) is 22.5. The van der Waals surface area contributed by atoms with E-state index in [1.54, 1.807) is 6.08 Å². The number of rotatable bonds is 17. The van der Waals surface area contributed by atoms with Gasteiger partial charge in [0.1, 0.15) is 6.26 Å². The summed E-state index contributed by atoms with van der Waals surface area (Å²) in [7, 11) is -3.33. The Labute approximate surface area is 145 Å². The first-order valence-corrected chi connectivity index (χ1v) is 11.4. The Bertz CT molecular complexity index is 361. The van der Waals surface area contributed by atoms with Crippen LogP contribution in [0.15, 0.2) is 12.3 Å². The van der Waals surface area contributed by atoms with E-state index in [-0.39, 0.29) is 0 Å². The summed E-state index contributed by atoms with van der Waals surface area (Å²) in [5.74, 6) is 0. The molecule has 0 rings (SSSR count). The van der Waals surface area contributed by atoms with Crippen molar-refractivity contribution >= 4 is 10.1 Å². The van der Waals surface area contributed by atoms with Gasteiger partial charge in [0.05, 0.1) is 6.26 Å². The molecule has 3 nitrogen and oxygen atoms in total. The highest BCUT2D eigenvalue weighted by Gasteiger charge is 1.96. The highest BCUT2D eigenvalue weighted by Crippen LogP contribution is 2.13.